The Morgan fingerprint density at radius 3 is 1.46 bits per heavy atom. The standard InChI is InChI=1S/C17H24F6O3/c1-9(2)10(3)26-13-7-11(14(4,24)16(18,19)20)6-12(8-13)15(5,25)17(21,22)23/h11-13,24-25H,1,3,6-8H2,2,4-5H3. The topological polar surface area (TPSA) is 49.7 Å². The van der Waals surface area contributed by atoms with Gasteiger partial charge in [-0.3, -0.25) is 0 Å². The van der Waals surface area contributed by atoms with Crippen LogP contribution < -0.4 is 0 Å². The van der Waals surface area contributed by atoms with Crippen LogP contribution in [0.3, 0.4) is 0 Å². The minimum absolute atomic E-state index is 0.0349. The highest BCUT2D eigenvalue weighted by Crippen LogP contribution is 2.50. The van der Waals surface area contributed by atoms with E-state index < -0.39 is 47.9 Å². The van der Waals surface area contributed by atoms with Crippen molar-refractivity contribution in [1.82, 2.24) is 0 Å². The van der Waals surface area contributed by atoms with Crippen molar-refractivity contribution in [3.8, 4) is 0 Å². The molecule has 0 aromatic carbocycles. The molecule has 1 saturated carbocycles. The minimum Gasteiger partial charge on any atom is -0.491 e. The van der Waals surface area contributed by atoms with Crippen molar-refractivity contribution in [2.45, 2.75) is 69.7 Å². The van der Waals surface area contributed by atoms with E-state index in [2.05, 4.69) is 13.2 Å². The third-order valence-corrected chi connectivity index (χ3v) is 5.19. The van der Waals surface area contributed by atoms with Crippen molar-refractivity contribution >= 4 is 0 Å². The van der Waals surface area contributed by atoms with Crippen LogP contribution in [0.1, 0.15) is 40.0 Å². The zero-order chi connectivity index (χ0) is 20.7. The van der Waals surface area contributed by atoms with E-state index in [1.807, 2.05) is 0 Å². The summed E-state index contributed by atoms with van der Waals surface area (Å²) in [5, 5.41) is 19.9. The van der Waals surface area contributed by atoms with Crippen molar-refractivity contribution in [2.75, 3.05) is 0 Å². The zero-order valence-corrected chi connectivity index (χ0v) is 14.8. The Kier molecular flexibility index (Phi) is 6.20. The maximum Gasteiger partial charge on any atom is 0.417 e. The summed E-state index contributed by atoms with van der Waals surface area (Å²) in [7, 11) is 0. The second-order valence-electron chi connectivity index (χ2n) is 7.33. The molecule has 0 heterocycles. The summed E-state index contributed by atoms with van der Waals surface area (Å²) in [6.45, 7) is 9.65. The predicted octanol–water partition coefficient (Wildman–Crippen LogP) is 4.50. The fourth-order valence-corrected chi connectivity index (χ4v) is 3.05. The summed E-state index contributed by atoms with van der Waals surface area (Å²) in [6, 6.07) is 0. The molecule has 1 aliphatic carbocycles. The lowest BCUT2D eigenvalue weighted by molar-refractivity contribution is -0.299. The fourth-order valence-electron chi connectivity index (χ4n) is 3.05. The Balaban J connectivity index is 3.21. The van der Waals surface area contributed by atoms with Gasteiger partial charge in [0, 0.05) is 11.8 Å². The lowest BCUT2D eigenvalue weighted by Crippen LogP contribution is -2.57. The molecule has 1 aliphatic rings. The van der Waals surface area contributed by atoms with Crippen molar-refractivity contribution < 1.29 is 41.3 Å². The molecule has 4 atom stereocenters. The molecule has 1 fully saturated rings. The van der Waals surface area contributed by atoms with Gasteiger partial charge in [-0.15, -0.1) is 0 Å². The van der Waals surface area contributed by atoms with Gasteiger partial charge in [0.1, 0.15) is 5.76 Å². The largest absolute Gasteiger partial charge is 0.491 e. The highest BCUT2D eigenvalue weighted by Gasteiger charge is 2.61. The molecule has 2 N–H and O–H groups in total. The molecule has 0 aromatic heterocycles. The van der Waals surface area contributed by atoms with Gasteiger partial charge in [-0.2, -0.15) is 26.3 Å². The van der Waals surface area contributed by atoms with Gasteiger partial charge >= 0.3 is 12.4 Å². The van der Waals surface area contributed by atoms with Crippen LogP contribution in [-0.4, -0.2) is 39.9 Å². The van der Waals surface area contributed by atoms with Gasteiger partial charge in [-0.05, 0) is 45.6 Å². The predicted molar refractivity (Wildman–Crippen MR) is 83.0 cm³/mol. The number of aliphatic hydroxyl groups is 2. The lowest BCUT2D eigenvalue weighted by Gasteiger charge is -2.46. The number of hydrogen-bond donors (Lipinski definition) is 2. The van der Waals surface area contributed by atoms with E-state index in [9.17, 15) is 36.6 Å². The molecule has 26 heavy (non-hydrogen) atoms. The van der Waals surface area contributed by atoms with Gasteiger partial charge in [0.05, 0.1) is 6.10 Å². The summed E-state index contributed by atoms with van der Waals surface area (Å²) in [6.07, 6.45) is -12.5. The van der Waals surface area contributed by atoms with E-state index in [0.717, 1.165) is 0 Å². The highest BCUT2D eigenvalue weighted by molar-refractivity contribution is 5.16. The van der Waals surface area contributed by atoms with E-state index in [4.69, 9.17) is 4.74 Å². The monoisotopic (exact) mass is 390 g/mol. The maximum absolute atomic E-state index is 13.2. The first-order chi connectivity index (χ1) is 11.4. The molecule has 3 nitrogen and oxygen atoms in total. The highest BCUT2D eigenvalue weighted by atomic mass is 19.4. The van der Waals surface area contributed by atoms with E-state index in [-0.39, 0.29) is 18.6 Å². The van der Waals surface area contributed by atoms with E-state index in [1.165, 1.54) is 6.92 Å². The van der Waals surface area contributed by atoms with Crippen molar-refractivity contribution in [2.24, 2.45) is 11.8 Å². The average Bonchev–Trinajstić information content (AvgIpc) is 2.44. The zero-order valence-electron chi connectivity index (χ0n) is 14.8. The first-order valence-electron chi connectivity index (χ1n) is 8.00. The van der Waals surface area contributed by atoms with Crippen molar-refractivity contribution in [1.29, 1.82) is 0 Å². The molecule has 0 bridgehead atoms. The van der Waals surface area contributed by atoms with Gasteiger partial charge in [0.15, 0.2) is 11.2 Å². The first kappa shape index (κ1) is 22.8. The van der Waals surface area contributed by atoms with Gasteiger partial charge in [-0.25, -0.2) is 0 Å². The number of allylic oxidation sites excluding steroid dienone is 1. The summed E-state index contributed by atoms with van der Waals surface area (Å²) in [5.74, 6) is -3.14. The molecule has 0 aromatic rings. The first-order valence-corrected chi connectivity index (χ1v) is 8.00. The number of halogens is 6. The normalized spacial score (nSPS) is 29.4. The van der Waals surface area contributed by atoms with Gasteiger partial charge in [0.25, 0.3) is 0 Å². The van der Waals surface area contributed by atoms with Crippen LogP contribution in [0.2, 0.25) is 0 Å². The van der Waals surface area contributed by atoms with Crippen LogP contribution in [-0.2, 0) is 4.74 Å². The van der Waals surface area contributed by atoms with E-state index in [1.54, 1.807) is 0 Å². The smallest absolute Gasteiger partial charge is 0.417 e. The number of rotatable bonds is 5. The number of hydrogen-bond acceptors (Lipinski definition) is 3. The van der Waals surface area contributed by atoms with Crippen molar-refractivity contribution in [3.05, 3.63) is 24.5 Å². The Morgan fingerprint density at radius 2 is 1.19 bits per heavy atom. The van der Waals surface area contributed by atoms with E-state index >= 15 is 0 Å². The quantitative estimate of drug-likeness (QED) is 0.413. The molecule has 0 radical (unpaired) electrons. The fraction of sp³-hybridized carbons (Fsp3) is 0.765. The molecule has 0 aliphatic heterocycles. The Bertz CT molecular complexity index is 514. The molecular weight excluding hydrogens is 366 g/mol. The minimum atomic E-state index is -5.04. The molecule has 0 saturated heterocycles. The second kappa shape index (κ2) is 7.07. The SMILES string of the molecule is C=C(C)C(=C)OC1CC(C(C)(O)C(F)(F)F)CC(C(C)(O)C(F)(F)F)C1. The third kappa shape index (κ3) is 4.54. The molecule has 0 spiro atoms. The van der Waals surface area contributed by atoms with Crippen LogP contribution in [0.25, 0.3) is 0 Å². The lowest BCUT2D eigenvalue weighted by atomic mass is 9.67. The molecule has 9 heteroatoms. The molecule has 4 unspecified atom stereocenters. The van der Waals surface area contributed by atoms with Crippen LogP contribution in [0.4, 0.5) is 26.3 Å². The average molecular weight is 390 g/mol. The van der Waals surface area contributed by atoms with Gasteiger partial charge < -0.3 is 14.9 Å². The Hall–Kier alpha value is -1.22. The molecular formula is C17H24F6O3. The summed E-state index contributed by atoms with van der Waals surface area (Å²) in [5.41, 5.74) is -6.08. The van der Waals surface area contributed by atoms with Crippen LogP contribution in [0.5, 0.6) is 0 Å². The van der Waals surface area contributed by atoms with Crippen LogP contribution in [0.15, 0.2) is 24.5 Å². The number of ether oxygens (including phenoxy) is 1. The van der Waals surface area contributed by atoms with E-state index in [0.29, 0.717) is 19.4 Å². The van der Waals surface area contributed by atoms with Crippen LogP contribution >= 0.6 is 0 Å². The Labute approximate surface area is 148 Å². The number of alkyl halides is 6. The van der Waals surface area contributed by atoms with Crippen LogP contribution in [0, 0.1) is 11.8 Å². The van der Waals surface area contributed by atoms with Crippen molar-refractivity contribution in [3.63, 3.8) is 0 Å². The Morgan fingerprint density at radius 1 is 0.846 bits per heavy atom. The van der Waals surface area contributed by atoms with Gasteiger partial charge in [0.2, 0.25) is 0 Å². The molecule has 152 valence electrons. The summed E-state index contributed by atoms with van der Waals surface area (Å²) in [4.78, 5) is 0. The molecule has 0 amide bonds. The summed E-state index contributed by atoms with van der Waals surface area (Å²) < 4.78 is 84.5. The third-order valence-electron chi connectivity index (χ3n) is 5.19. The van der Waals surface area contributed by atoms with Gasteiger partial charge in [-0.1, -0.05) is 13.2 Å². The summed E-state index contributed by atoms with van der Waals surface area (Å²) >= 11 is 0. The second-order valence-corrected chi connectivity index (χ2v) is 7.33. The maximum atomic E-state index is 13.2. The molecule has 1 rings (SSSR count).